The van der Waals surface area contributed by atoms with Gasteiger partial charge in [0.05, 0.1) is 18.3 Å². The van der Waals surface area contributed by atoms with Crippen LogP contribution in [0.15, 0.2) is 47.4 Å². The van der Waals surface area contributed by atoms with E-state index in [1.54, 1.807) is 42.5 Å². The Hall–Kier alpha value is -2.76. The van der Waals surface area contributed by atoms with E-state index in [1.807, 2.05) is 12.1 Å². The summed E-state index contributed by atoms with van der Waals surface area (Å²) in [5, 5.41) is 7.50. The van der Waals surface area contributed by atoms with Crippen LogP contribution in [0.25, 0.3) is 11.0 Å². The van der Waals surface area contributed by atoms with Gasteiger partial charge in [0, 0.05) is 13.2 Å². The van der Waals surface area contributed by atoms with E-state index >= 15 is 0 Å². The van der Waals surface area contributed by atoms with Crippen LogP contribution in [-0.2, 0) is 11.2 Å². The summed E-state index contributed by atoms with van der Waals surface area (Å²) in [6.45, 7) is 0. The molecule has 0 aliphatic carbocycles. The second-order valence-corrected chi connectivity index (χ2v) is 4.43. The number of carbonyl (C=O) groups is 1. The van der Waals surface area contributed by atoms with Crippen LogP contribution < -0.4 is 4.90 Å². The molecule has 6 nitrogen and oxygen atoms in total. The van der Waals surface area contributed by atoms with Gasteiger partial charge >= 0.3 is 0 Å². The molecule has 2 aromatic heterocycles. The lowest BCUT2D eigenvalue weighted by atomic mass is 10.1. The molecule has 3 rings (SSSR count). The monoisotopic (exact) mass is 268 g/mol. The van der Waals surface area contributed by atoms with Crippen molar-refractivity contribution in [1.29, 1.82) is 0 Å². The van der Waals surface area contributed by atoms with Crippen LogP contribution in [0.4, 0.5) is 5.69 Å². The highest BCUT2D eigenvalue weighted by Crippen LogP contribution is 2.15. The van der Waals surface area contributed by atoms with Crippen LogP contribution in [0.3, 0.4) is 0 Å². The molecule has 0 unspecified atom stereocenters. The average molecular weight is 268 g/mol. The van der Waals surface area contributed by atoms with Crippen molar-refractivity contribution < 1.29 is 9.42 Å². The molecule has 100 valence electrons. The minimum atomic E-state index is -0.0196. The van der Waals surface area contributed by atoms with Crippen molar-refractivity contribution in [2.75, 3.05) is 11.9 Å². The van der Waals surface area contributed by atoms with Crippen molar-refractivity contribution in [1.82, 2.24) is 15.3 Å². The Morgan fingerprint density at radius 1 is 1.25 bits per heavy atom. The molecule has 20 heavy (non-hydrogen) atoms. The number of fused-ring (bicyclic) bond motifs is 1. The lowest BCUT2D eigenvalue weighted by molar-refractivity contribution is -0.117. The first kappa shape index (κ1) is 12.3. The largest absolute Gasteiger partial charge is 0.314 e. The van der Waals surface area contributed by atoms with Gasteiger partial charge in [0.1, 0.15) is 11.0 Å². The van der Waals surface area contributed by atoms with E-state index in [0.717, 1.165) is 11.3 Å². The fourth-order valence-corrected chi connectivity index (χ4v) is 1.93. The van der Waals surface area contributed by atoms with E-state index in [1.165, 1.54) is 0 Å². The Kier molecular flexibility index (Phi) is 3.12. The molecule has 2 heterocycles. The molecule has 3 aromatic rings. The van der Waals surface area contributed by atoms with E-state index in [2.05, 4.69) is 19.9 Å². The summed E-state index contributed by atoms with van der Waals surface area (Å²) < 4.78 is 4.64. The van der Waals surface area contributed by atoms with Crippen molar-refractivity contribution in [2.45, 2.75) is 6.42 Å². The molecule has 6 heteroatoms. The number of benzene rings is 1. The van der Waals surface area contributed by atoms with Gasteiger partial charge in [-0.3, -0.25) is 9.78 Å². The number of nitrogens with zero attached hydrogens (tertiary/aromatic N) is 4. The van der Waals surface area contributed by atoms with Gasteiger partial charge in [-0.25, -0.2) is 4.63 Å². The van der Waals surface area contributed by atoms with Gasteiger partial charge in [-0.05, 0) is 40.1 Å². The normalized spacial score (nSPS) is 10.7. The van der Waals surface area contributed by atoms with Crippen LogP contribution in [0.1, 0.15) is 5.56 Å². The quantitative estimate of drug-likeness (QED) is 0.724. The van der Waals surface area contributed by atoms with Crippen molar-refractivity contribution in [3.8, 4) is 0 Å². The second kappa shape index (κ2) is 5.08. The molecule has 0 fully saturated rings. The summed E-state index contributed by atoms with van der Waals surface area (Å²) in [5.41, 5.74) is 2.97. The topological polar surface area (TPSA) is 72.1 Å². The van der Waals surface area contributed by atoms with E-state index in [-0.39, 0.29) is 12.3 Å². The number of carbonyl (C=O) groups excluding carboxylic acids is 1. The number of likely N-dealkylation sites (N-methyl/N-ethyl adjacent to an activating group) is 1. The first-order valence-corrected chi connectivity index (χ1v) is 6.12. The molecule has 0 saturated carbocycles. The third kappa shape index (κ3) is 2.35. The summed E-state index contributed by atoms with van der Waals surface area (Å²) in [7, 11) is 1.73. The molecule has 0 bridgehead atoms. The highest BCUT2D eigenvalue weighted by Gasteiger charge is 2.12. The molecule has 1 aromatic carbocycles. The average Bonchev–Trinajstić information content (AvgIpc) is 2.95. The Balaban J connectivity index is 1.78. The van der Waals surface area contributed by atoms with Gasteiger partial charge in [0.25, 0.3) is 0 Å². The van der Waals surface area contributed by atoms with E-state index in [9.17, 15) is 4.79 Å². The standard InChI is InChI=1S/C14H12N4O2/c1-18(11-3-2-6-15-9-11)14(19)8-10-4-5-12-13(7-10)17-20-16-12/h2-7,9H,8H2,1H3. The maximum Gasteiger partial charge on any atom is 0.231 e. The van der Waals surface area contributed by atoms with Crippen molar-refractivity contribution in [3.05, 3.63) is 48.3 Å². The second-order valence-electron chi connectivity index (χ2n) is 4.43. The Bertz CT molecular complexity index is 739. The fraction of sp³-hybridized carbons (Fsp3) is 0.143. The first-order valence-electron chi connectivity index (χ1n) is 6.12. The summed E-state index contributed by atoms with van der Waals surface area (Å²) in [6, 6.07) is 9.09. The van der Waals surface area contributed by atoms with Crippen molar-refractivity contribution in [2.24, 2.45) is 0 Å². The molecule has 0 spiro atoms. The van der Waals surface area contributed by atoms with Crippen molar-refractivity contribution in [3.63, 3.8) is 0 Å². The highest BCUT2D eigenvalue weighted by molar-refractivity contribution is 5.94. The molecule has 0 saturated heterocycles. The number of aromatic nitrogens is 3. The number of pyridine rings is 1. The maximum absolute atomic E-state index is 12.2. The smallest absolute Gasteiger partial charge is 0.231 e. The SMILES string of the molecule is CN(C(=O)Cc1ccc2nonc2c1)c1cccnc1. The molecular weight excluding hydrogens is 256 g/mol. The predicted molar refractivity (Wildman–Crippen MR) is 73.2 cm³/mol. The number of hydrogen-bond donors (Lipinski definition) is 0. The minimum Gasteiger partial charge on any atom is -0.314 e. The summed E-state index contributed by atoms with van der Waals surface area (Å²) in [5.74, 6) is -0.0196. The third-order valence-electron chi connectivity index (χ3n) is 3.08. The van der Waals surface area contributed by atoms with Gasteiger partial charge in [0.2, 0.25) is 5.91 Å². The van der Waals surface area contributed by atoms with Crippen LogP contribution in [-0.4, -0.2) is 28.3 Å². The van der Waals surface area contributed by atoms with Gasteiger partial charge in [-0.15, -0.1) is 0 Å². The number of anilines is 1. The van der Waals surface area contributed by atoms with Gasteiger partial charge in [-0.2, -0.15) is 0 Å². The first-order chi connectivity index (χ1) is 9.74. The summed E-state index contributed by atoms with van der Waals surface area (Å²) in [4.78, 5) is 17.8. The Morgan fingerprint density at radius 2 is 2.10 bits per heavy atom. The Labute approximate surface area is 115 Å². The van der Waals surface area contributed by atoms with Crippen LogP contribution in [0.2, 0.25) is 0 Å². The summed E-state index contributed by atoms with van der Waals surface area (Å²) in [6.07, 6.45) is 3.62. The third-order valence-corrected chi connectivity index (χ3v) is 3.08. The number of rotatable bonds is 3. The number of amides is 1. The predicted octanol–water partition coefficient (Wildman–Crippen LogP) is 1.82. The van der Waals surface area contributed by atoms with Gasteiger partial charge in [-0.1, -0.05) is 6.07 Å². The molecule has 0 atom stereocenters. The maximum atomic E-state index is 12.2. The van der Waals surface area contributed by atoms with E-state index < -0.39 is 0 Å². The van der Waals surface area contributed by atoms with Gasteiger partial charge in [0.15, 0.2) is 0 Å². The molecule has 0 aliphatic heterocycles. The van der Waals surface area contributed by atoms with E-state index in [4.69, 9.17) is 0 Å². The lowest BCUT2D eigenvalue weighted by Gasteiger charge is -2.16. The summed E-state index contributed by atoms with van der Waals surface area (Å²) >= 11 is 0. The molecule has 0 radical (unpaired) electrons. The molecular formula is C14H12N4O2. The fourth-order valence-electron chi connectivity index (χ4n) is 1.93. The van der Waals surface area contributed by atoms with Crippen molar-refractivity contribution >= 4 is 22.6 Å². The zero-order chi connectivity index (χ0) is 13.9. The zero-order valence-corrected chi connectivity index (χ0v) is 10.9. The highest BCUT2D eigenvalue weighted by atomic mass is 16.6. The van der Waals surface area contributed by atoms with Crippen LogP contribution in [0.5, 0.6) is 0 Å². The zero-order valence-electron chi connectivity index (χ0n) is 10.9. The molecule has 1 amide bonds. The Morgan fingerprint density at radius 3 is 2.90 bits per heavy atom. The van der Waals surface area contributed by atoms with Crippen LogP contribution in [0, 0.1) is 0 Å². The van der Waals surface area contributed by atoms with E-state index in [0.29, 0.717) is 11.0 Å². The van der Waals surface area contributed by atoms with Crippen LogP contribution >= 0.6 is 0 Å². The lowest BCUT2D eigenvalue weighted by Crippen LogP contribution is -2.27. The number of hydrogen-bond acceptors (Lipinski definition) is 5. The molecule has 0 aliphatic rings. The molecule has 0 N–H and O–H groups in total. The minimum absolute atomic E-state index is 0.0196. The van der Waals surface area contributed by atoms with Gasteiger partial charge < -0.3 is 4.90 Å².